The van der Waals surface area contributed by atoms with Crippen LogP contribution in [0.15, 0.2) is 30.6 Å². The number of aliphatic hydroxyl groups is 1. The van der Waals surface area contributed by atoms with E-state index in [1.807, 2.05) is 35.0 Å². The van der Waals surface area contributed by atoms with Crippen LogP contribution in [-0.4, -0.2) is 27.1 Å². The van der Waals surface area contributed by atoms with E-state index < -0.39 is 0 Å². The first kappa shape index (κ1) is 11.1. The van der Waals surface area contributed by atoms with Gasteiger partial charge < -0.3 is 14.8 Å². The fourth-order valence-electron chi connectivity index (χ4n) is 1.66. The zero-order chi connectivity index (χ0) is 11.4. The Morgan fingerprint density at radius 1 is 1.50 bits per heavy atom. The maximum Gasteiger partial charge on any atom is 0.137 e. The molecule has 2 rings (SSSR count). The molecule has 0 radical (unpaired) electrons. The van der Waals surface area contributed by atoms with Gasteiger partial charge in [0.05, 0.1) is 12.3 Å². The van der Waals surface area contributed by atoms with Crippen LogP contribution in [0, 0.1) is 0 Å². The molecule has 1 atom stereocenters. The molecule has 86 valence electrons. The van der Waals surface area contributed by atoms with Crippen LogP contribution in [0.2, 0.25) is 0 Å². The van der Waals surface area contributed by atoms with Crippen LogP contribution in [0.1, 0.15) is 19.0 Å². The second-order valence-electron chi connectivity index (χ2n) is 3.87. The molecule has 0 aliphatic heterocycles. The molecule has 0 saturated heterocycles. The Morgan fingerprint density at radius 3 is 3.06 bits per heavy atom. The SMILES string of the molecule is CCC(CO)NCc1cn2ccccc2n1. The molecule has 0 aliphatic rings. The van der Waals surface area contributed by atoms with E-state index in [-0.39, 0.29) is 12.6 Å². The van der Waals surface area contributed by atoms with Crippen molar-refractivity contribution in [2.75, 3.05) is 6.61 Å². The quantitative estimate of drug-likeness (QED) is 0.794. The van der Waals surface area contributed by atoms with Gasteiger partial charge in [-0.3, -0.25) is 0 Å². The first-order valence-electron chi connectivity index (χ1n) is 5.60. The Bertz CT molecular complexity index is 415. The van der Waals surface area contributed by atoms with Gasteiger partial charge in [-0.25, -0.2) is 4.98 Å². The number of pyridine rings is 1. The average molecular weight is 219 g/mol. The van der Waals surface area contributed by atoms with E-state index in [0.29, 0.717) is 6.54 Å². The normalized spacial score (nSPS) is 13.1. The maximum absolute atomic E-state index is 9.06. The number of hydrogen-bond donors (Lipinski definition) is 2. The van der Waals surface area contributed by atoms with Gasteiger partial charge in [0.25, 0.3) is 0 Å². The molecule has 0 aromatic carbocycles. The van der Waals surface area contributed by atoms with Crippen molar-refractivity contribution < 1.29 is 5.11 Å². The first-order valence-corrected chi connectivity index (χ1v) is 5.60. The molecule has 4 heteroatoms. The summed E-state index contributed by atoms with van der Waals surface area (Å²) in [4.78, 5) is 4.47. The molecule has 2 heterocycles. The molecule has 0 saturated carbocycles. The Morgan fingerprint density at radius 2 is 2.38 bits per heavy atom. The van der Waals surface area contributed by atoms with Gasteiger partial charge in [-0.15, -0.1) is 0 Å². The third-order valence-corrected chi connectivity index (χ3v) is 2.70. The van der Waals surface area contributed by atoms with Gasteiger partial charge in [0, 0.05) is 25.0 Å². The minimum absolute atomic E-state index is 0.157. The van der Waals surface area contributed by atoms with Crippen molar-refractivity contribution in [1.29, 1.82) is 0 Å². The second-order valence-corrected chi connectivity index (χ2v) is 3.87. The summed E-state index contributed by atoms with van der Waals surface area (Å²) in [5.41, 5.74) is 1.95. The Balaban J connectivity index is 2.04. The van der Waals surface area contributed by atoms with Gasteiger partial charge in [-0.05, 0) is 18.6 Å². The fraction of sp³-hybridized carbons (Fsp3) is 0.417. The second kappa shape index (κ2) is 5.09. The lowest BCUT2D eigenvalue weighted by atomic mass is 10.2. The van der Waals surface area contributed by atoms with E-state index in [0.717, 1.165) is 17.8 Å². The molecule has 0 aliphatic carbocycles. The summed E-state index contributed by atoms with van der Waals surface area (Å²) in [5, 5.41) is 12.3. The Hall–Kier alpha value is -1.39. The number of hydrogen-bond acceptors (Lipinski definition) is 3. The van der Waals surface area contributed by atoms with Crippen molar-refractivity contribution in [2.45, 2.75) is 25.9 Å². The van der Waals surface area contributed by atoms with Gasteiger partial charge in [-0.2, -0.15) is 0 Å². The zero-order valence-corrected chi connectivity index (χ0v) is 9.43. The monoisotopic (exact) mass is 219 g/mol. The van der Waals surface area contributed by atoms with Crippen LogP contribution in [0.5, 0.6) is 0 Å². The number of aromatic nitrogens is 2. The Labute approximate surface area is 94.9 Å². The first-order chi connectivity index (χ1) is 7.83. The summed E-state index contributed by atoms with van der Waals surface area (Å²) < 4.78 is 2.00. The largest absolute Gasteiger partial charge is 0.395 e. The summed E-state index contributed by atoms with van der Waals surface area (Å²) in [7, 11) is 0. The lowest BCUT2D eigenvalue weighted by molar-refractivity contribution is 0.238. The molecule has 4 nitrogen and oxygen atoms in total. The zero-order valence-electron chi connectivity index (χ0n) is 9.43. The van der Waals surface area contributed by atoms with E-state index in [2.05, 4.69) is 17.2 Å². The van der Waals surface area contributed by atoms with Crippen molar-refractivity contribution in [3.63, 3.8) is 0 Å². The number of nitrogens with one attached hydrogen (secondary N) is 1. The predicted molar refractivity (Wildman–Crippen MR) is 63.2 cm³/mol. The molecule has 1 unspecified atom stereocenters. The third-order valence-electron chi connectivity index (χ3n) is 2.70. The summed E-state index contributed by atoms with van der Waals surface area (Å²) >= 11 is 0. The minimum Gasteiger partial charge on any atom is -0.395 e. The van der Waals surface area contributed by atoms with Crippen LogP contribution >= 0.6 is 0 Å². The summed E-state index contributed by atoms with van der Waals surface area (Å²) in [5.74, 6) is 0. The molecule has 2 aromatic rings. The van der Waals surface area contributed by atoms with Crippen LogP contribution in [0.25, 0.3) is 5.65 Å². The molecule has 0 fully saturated rings. The molecule has 0 bridgehead atoms. The molecule has 2 N–H and O–H groups in total. The van der Waals surface area contributed by atoms with Crippen molar-refractivity contribution in [2.24, 2.45) is 0 Å². The van der Waals surface area contributed by atoms with Crippen LogP contribution in [-0.2, 0) is 6.54 Å². The van der Waals surface area contributed by atoms with Gasteiger partial charge in [-0.1, -0.05) is 13.0 Å². The van der Waals surface area contributed by atoms with Crippen molar-refractivity contribution in [3.05, 3.63) is 36.3 Å². The van der Waals surface area contributed by atoms with Gasteiger partial charge in [0.15, 0.2) is 0 Å². The van der Waals surface area contributed by atoms with Crippen LogP contribution in [0.4, 0.5) is 0 Å². The van der Waals surface area contributed by atoms with E-state index in [1.165, 1.54) is 0 Å². The van der Waals surface area contributed by atoms with Crippen molar-refractivity contribution in [3.8, 4) is 0 Å². The highest BCUT2D eigenvalue weighted by Crippen LogP contribution is 2.04. The van der Waals surface area contributed by atoms with Gasteiger partial charge >= 0.3 is 0 Å². The highest BCUT2D eigenvalue weighted by Gasteiger charge is 2.05. The lowest BCUT2D eigenvalue weighted by Gasteiger charge is -2.12. The van der Waals surface area contributed by atoms with Gasteiger partial charge in [0.1, 0.15) is 5.65 Å². The number of nitrogens with zero attached hydrogens (tertiary/aromatic N) is 2. The average Bonchev–Trinajstić information content (AvgIpc) is 2.73. The molecular formula is C12H17N3O. The van der Waals surface area contributed by atoms with E-state index in [9.17, 15) is 0 Å². The number of fused-ring (bicyclic) bond motifs is 1. The fourth-order valence-corrected chi connectivity index (χ4v) is 1.66. The summed E-state index contributed by atoms with van der Waals surface area (Å²) in [6.07, 6.45) is 4.91. The Kier molecular flexibility index (Phi) is 3.54. The smallest absolute Gasteiger partial charge is 0.137 e. The summed E-state index contributed by atoms with van der Waals surface area (Å²) in [6, 6.07) is 6.09. The van der Waals surface area contributed by atoms with Crippen LogP contribution in [0.3, 0.4) is 0 Å². The standard InChI is InChI=1S/C12H17N3O/c1-2-10(9-16)13-7-11-8-15-6-4-3-5-12(15)14-11/h3-6,8,10,13,16H,2,7,9H2,1H3. The van der Waals surface area contributed by atoms with E-state index in [4.69, 9.17) is 5.11 Å². The van der Waals surface area contributed by atoms with E-state index in [1.54, 1.807) is 0 Å². The molecule has 0 spiro atoms. The molecule has 2 aromatic heterocycles. The molecule has 16 heavy (non-hydrogen) atoms. The number of imidazole rings is 1. The highest BCUT2D eigenvalue weighted by atomic mass is 16.3. The topological polar surface area (TPSA) is 49.6 Å². The van der Waals surface area contributed by atoms with Crippen LogP contribution < -0.4 is 5.32 Å². The summed E-state index contributed by atoms with van der Waals surface area (Å²) in [6.45, 7) is 2.92. The molecular weight excluding hydrogens is 202 g/mol. The molecule has 0 amide bonds. The maximum atomic E-state index is 9.06. The minimum atomic E-state index is 0.157. The van der Waals surface area contributed by atoms with E-state index >= 15 is 0 Å². The predicted octanol–water partition coefficient (Wildman–Crippen LogP) is 1.19. The third kappa shape index (κ3) is 2.40. The number of aliphatic hydroxyl groups excluding tert-OH is 1. The number of rotatable bonds is 5. The highest BCUT2D eigenvalue weighted by molar-refractivity contribution is 5.39. The lowest BCUT2D eigenvalue weighted by Crippen LogP contribution is -2.31. The van der Waals surface area contributed by atoms with Crippen molar-refractivity contribution >= 4 is 5.65 Å². The van der Waals surface area contributed by atoms with Gasteiger partial charge in [0.2, 0.25) is 0 Å². The van der Waals surface area contributed by atoms with Crippen molar-refractivity contribution in [1.82, 2.24) is 14.7 Å².